The Bertz CT molecular complexity index is 1250. The highest BCUT2D eigenvalue weighted by molar-refractivity contribution is 8.01. The van der Waals surface area contributed by atoms with Crippen molar-refractivity contribution < 1.29 is 14.3 Å². The first-order chi connectivity index (χ1) is 16.1. The summed E-state index contributed by atoms with van der Waals surface area (Å²) in [4.78, 5) is 16.6. The summed E-state index contributed by atoms with van der Waals surface area (Å²) < 4.78 is 13.4. The summed E-state index contributed by atoms with van der Waals surface area (Å²) in [5, 5.41) is 4.06. The van der Waals surface area contributed by atoms with Gasteiger partial charge in [0.1, 0.15) is 6.61 Å². The minimum Gasteiger partial charge on any atom is -0.493 e. The fraction of sp³-hybridized carbons (Fsp3) is 0.160. The zero-order valence-electron chi connectivity index (χ0n) is 18.3. The zero-order valence-corrected chi connectivity index (χ0v) is 19.9. The zero-order chi connectivity index (χ0) is 23.0. The number of thioether (sulfide) groups is 1. The van der Waals surface area contributed by atoms with Crippen LogP contribution in [0.5, 0.6) is 11.5 Å². The van der Waals surface area contributed by atoms with Gasteiger partial charge in [0.2, 0.25) is 0 Å². The number of hydrazone groups is 1. The third-order valence-corrected chi connectivity index (χ3v) is 7.02. The van der Waals surface area contributed by atoms with E-state index >= 15 is 0 Å². The second kappa shape index (κ2) is 11.0. The fourth-order valence-electron chi connectivity index (χ4n) is 3.06. The molecule has 0 fully saturated rings. The average Bonchev–Trinajstić information content (AvgIpc) is 3.26. The van der Waals surface area contributed by atoms with Crippen LogP contribution < -0.4 is 14.9 Å². The van der Waals surface area contributed by atoms with Gasteiger partial charge in [-0.05, 0) is 53.9 Å². The number of fused-ring (bicyclic) bond motifs is 1. The van der Waals surface area contributed by atoms with Gasteiger partial charge in [0, 0.05) is 0 Å². The molecule has 1 N–H and O–H groups in total. The number of nitrogens with zero attached hydrogens (tertiary/aromatic N) is 2. The van der Waals surface area contributed by atoms with Crippen molar-refractivity contribution in [2.45, 2.75) is 17.9 Å². The van der Waals surface area contributed by atoms with Crippen molar-refractivity contribution in [3.05, 3.63) is 83.4 Å². The van der Waals surface area contributed by atoms with Crippen LogP contribution in [0.3, 0.4) is 0 Å². The number of rotatable bonds is 9. The molecule has 1 amide bonds. The topological polar surface area (TPSA) is 72.8 Å². The first kappa shape index (κ1) is 22.8. The molecule has 3 aromatic carbocycles. The van der Waals surface area contributed by atoms with Gasteiger partial charge in [-0.25, -0.2) is 10.4 Å². The van der Waals surface area contributed by atoms with Crippen LogP contribution in [-0.2, 0) is 11.4 Å². The van der Waals surface area contributed by atoms with Crippen LogP contribution >= 0.6 is 23.1 Å². The number of aryl methyl sites for hydroxylation is 1. The Morgan fingerprint density at radius 2 is 1.94 bits per heavy atom. The molecule has 1 heterocycles. The SMILES string of the molecule is COc1cc(C=NNC(=O)CSc2nc3ccccc3s2)ccc1OCc1ccccc1C. The number of carbonyl (C=O) groups excluding carboxylic acids is 1. The highest BCUT2D eigenvalue weighted by atomic mass is 32.2. The highest BCUT2D eigenvalue weighted by Gasteiger charge is 2.08. The van der Waals surface area contributed by atoms with Crippen molar-refractivity contribution in [3.8, 4) is 11.5 Å². The first-order valence-corrected chi connectivity index (χ1v) is 12.1. The summed E-state index contributed by atoms with van der Waals surface area (Å²) in [7, 11) is 1.60. The number of hydrogen-bond donors (Lipinski definition) is 1. The minimum absolute atomic E-state index is 0.194. The molecule has 8 heteroatoms. The number of methoxy groups -OCH3 is 1. The molecule has 0 aliphatic rings. The number of benzene rings is 3. The second-order valence-corrected chi connectivity index (χ2v) is 9.41. The fourth-order valence-corrected chi connectivity index (χ4v) is 4.92. The highest BCUT2D eigenvalue weighted by Crippen LogP contribution is 2.30. The Morgan fingerprint density at radius 1 is 1.12 bits per heavy atom. The number of para-hydroxylation sites is 1. The van der Waals surface area contributed by atoms with Gasteiger partial charge in [-0.2, -0.15) is 5.10 Å². The summed E-state index contributed by atoms with van der Waals surface area (Å²) in [6, 6.07) is 21.5. The maximum absolute atomic E-state index is 12.1. The maximum Gasteiger partial charge on any atom is 0.250 e. The molecule has 0 radical (unpaired) electrons. The normalized spacial score (nSPS) is 11.1. The monoisotopic (exact) mass is 477 g/mol. The minimum atomic E-state index is -0.194. The van der Waals surface area contributed by atoms with Crippen LogP contribution in [0, 0.1) is 6.92 Å². The molecule has 1 aromatic heterocycles. The van der Waals surface area contributed by atoms with E-state index in [1.807, 2.05) is 60.7 Å². The quantitative estimate of drug-likeness (QED) is 0.198. The van der Waals surface area contributed by atoms with Crippen molar-refractivity contribution in [3.63, 3.8) is 0 Å². The molecule has 0 spiro atoms. The van der Waals surface area contributed by atoms with Gasteiger partial charge in [0.05, 0.1) is 29.3 Å². The molecule has 0 unspecified atom stereocenters. The summed E-state index contributed by atoms with van der Waals surface area (Å²) in [6.07, 6.45) is 1.58. The van der Waals surface area contributed by atoms with Gasteiger partial charge in [0.15, 0.2) is 15.8 Å². The average molecular weight is 478 g/mol. The first-order valence-electron chi connectivity index (χ1n) is 10.3. The van der Waals surface area contributed by atoms with Crippen LogP contribution in [0.1, 0.15) is 16.7 Å². The van der Waals surface area contributed by atoms with Crippen LogP contribution in [0.2, 0.25) is 0 Å². The van der Waals surface area contributed by atoms with E-state index in [0.717, 1.165) is 25.7 Å². The number of aromatic nitrogens is 1. The molecule has 33 heavy (non-hydrogen) atoms. The van der Waals surface area contributed by atoms with E-state index in [2.05, 4.69) is 28.5 Å². The number of amides is 1. The van der Waals surface area contributed by atoms with Gasteiger partial charge in [0.25, 0.3) is 5.91 Å². The summed E-state index contributed by atoms with van der Waals surface area (Å²) in [6.45, 7) is 2.51. The van der Waals surface area contributed by atoms with Crippen LogP contribution in [0.15, 0.2) is 76.2 Å². The lowest BCUT2D eigenvalue weighted by Gasteiger charge is -2.12. The molecule has 0 aliphatic heterocycles. The molecule has 0 atom stereocenters. The lowest BCUT2D eigenvalue weighted by molar-refractivity contribution is -0.118. The molecule has 0 bridgehead atoms. The molecular formula is C25H23N3O3S2. The van der Waals surface area contributed by atoms with Crippen LogP contribution in [-0.4, -0.2) is 30.0 Å². The third-order valence-electron chi connectivity index (χ3n) is 4.84. The Hall–Kier alpha value is -3.36. The second-order valence-electron chi connectivity index (χ2n) is 7.15. The molecule has 0 saturated heterocycles. The van der Waals surface area contributed by atoms with Crippen LogP contribution in [0.25, 0.3) is 10.2 Å². The molecule has 4 rings (SSSR count). The van der Waals surface area contributed by atoms with E-state index in [0.29, 0.717) is 18.1 Å². The van der Waals surface area contributed by atoms with E-state index in [1.165, 1.54) is 17.3 Å². The van der Waals surface area contributed by atoms with Gasteiger partial charge in [-0.1, -0.05) is 48.2 Å². The van der Waals surface area contributed by atoms with Gasteiger partial charge in [-0.3, -0.25) is 4.79 Å². The summed E-state index contributed by atoms with van der Waals surface area (Å²) in [5.74, 6) is 1.30. The molecular weight excluding hydrogens is 454 g/mol. The Kier molecular flexibility index (Phi) is 7.59. The van der Waals surface area contributed by atoms with E-state index < -0.39 is 0 Å². The van der Waals surface area contributed by atoms with E-state index in [4.69, 9.17) is 9.47 Å². The Labute approximate surface area is 200 Å². The van der Waals surface area contributed by atoms with Gasteiger partial charge in [-0.15, -0.1) is 11.3 Å². The summed E-state index contributed by atoms with van der Waals surface area (Å²) >= 11 is 2.97. The summed E-state index contributed by atoms with van der Waals surface area (Å²) in [5.41, 5.74) is 6.59. The number of ether oxygens (including phenoxy) is 2. The van der Waals surface area contributed by atoms with Gasteiger partial charge >= 0.3 is 0 Å². The molecule has 6 nitrogen and oxygen atoms in total. The molecule has 4 aromatic rings. The van der Waals surface area contributed by atoms with E-state index in [1.54, 1.807) is 24.7 Å². The number of carbonyl (C=O) groups is 1. The van der Waals surface area contributed by atoms with Crippen LogP contribution in [0.4, 0.5) is 0 Å². The van der Waals surface area contributed by atoms with Crippen molar-refractivity contribution in [1.29, 1.82) is 0 Å². The van der Waals surface area contributed by atoms with Crippen molar-refractivity contribution in [2.24, 2.45) is 5.10 Å². The lowest BCUT2D eigenvalue weighted by Crippen LogP contribution is -2.19. The predicted molar refractivity (Wildman–Crippen MR) is 135 cm³/mol. The molecule has 0 aliphatic carbocycles. The molecule has 0 saturated carbocycles. The van der Waals surface area contributed by atoms with Gasteiger partial charge < -0.3 is 9.47 Å². The smallest absolute Gasteiger partial charge is 0.250 e. The third kappa shape index (κ3) is 6.12. The number of nitrogens with one attached hydrogen (secondary N) is 1. The van der Waals surface area contributed by atoms with Crippen molar-refractivity contribution >= 4 is 45.4 Å². The largest absolute Gasteiger partial charge is 0.493 e. The lowest BCUT2D eigenvalue weighted by atomic mass is 10.1. The maximum atomic E-state index is 12.1. The van der Waals surface area contributed by atoms with E-state index in [-0.39, 0.29) is 11.7 Å². The molecule has 168 valence electrons. The standard InChI is InChI=1S/C25H23N3O3S2/c1-17-7-3-4-8-19(17)15-31-21-12-11-18(13-22(21)30-2)14-26-28-24(29)16-32-25-27-20-9-5-6-10-23(20)33-25/h3-14H,15-16H2,1-2H3,(H,28,29). The Morgan fingerprint density at radius 3 is 2.76 bits per heavy atom. The number of thiazole rings is 1. The Balaban J connectivity index is 1.30. The number of hydrogen-bond acceptors (Lipinski definition) is 7. The van der Waals surface area contributed by atoms with Crippen molar-refractivity contribution in [1.82, 2.24) is 10.4 Å². The van der Waals surface area contributed by atoms with Crippen molar-refractivity contribution in [2.75, 3.05) is 12.9 Å². The predicted octanol–water partition coefficient (Wildman–Crippen LogP) is 5.43. The van der Waals surface area contributed by atoms with E-state index in [9.17, 15) is 4.79 Å².